The van der Waals surface area contributed by atoms with Gasteiger partial charge in [-0.1, -0.05) is 70.6 Å². The van der Waals surface area contributed by atoms with Gasteiger partial charge in [0.15, 0.2) is 0 Å². The highest BCUT2D eigenvalue weighted by molar-refractivity contribution is 6.01. The van der Waals surface area contributed by atoms with E-state index in [-0.39, 0.29) is 24.4 Å². The fraction of sp³-hybridized carbons (Fsp3) is 0.844. The Morgan fingerprint density at radius 2 is 1.21 bits per heavy atom. The quantitative estimate of drug-likeness (QED) is 0.0679. The summed E-state index contributed by atoms with van der Waals surface area (Å²) < 4.78 is 16.3. The van der Waals surface area contributed by atoms with Crippen LogP contribution in [0.25, 0.3) is 0 Å². The molecule has 0 aromatic carbocycles. The Labute approximate surface area is 256 Å². The van der Waals surface area contributed by atoms with Gasteiger partial charge in [0.2, 0.25) is 11.9 Å². The molecule has 1 heterocycles. The number of carbonyl (C=O) groups excluding carboxylic acids is 4. The fourth-order valence-corrected chi connectivity index (χ4v) is 6.80. The topological polar surface area (TPSA) is 144 Å². The number of alkyl carbamates (subject to hydrolysis) is 2. The smallest absolute Gasteiger partial charge is 0.413 e. The number of hydrogen-bond donors (Lipinski definition) is 3. The van der Waals surface area contributed by atoms with E-state index in [9.17, 15) is 19.2 Å². The summed E-state index contributed by atoms with van der Waals surface area (Å²) in [5.74, 6) is 0.266. The molecule has 0 spiro atoms. The van der Waals surface area contributed by atoms with Crippen LogP contribution in [-0.4, -0.2) is 62.4 Å². The highest BCUT2D eigenvalue weighted by Gasteiger charge is 2.44. The maximum atomic E-state index is 12.6. The lowest BCUT2D eigenvalue weighted by atomic mass is 9.86. The number of ether oxygens (including phenoxy) is 3. The number of guanidine groups is 1. The Bertz CT molecular complexity index is 902. The molecule has 3 amide bonds. The van der Waals surface area contributed by atoms with E-state index in [4.69, 9.17) is 14.2 Å². The molecule has 43 heavy (non-hydrogen) atoms. The average molecular weight is 605 g/mol. The second-order valence-corrected chi connectivity index (χ2v) is 12.9. The highest BCUT2D eigenvalue weighted by atomic mass is 16.6. The molecule has 11 nitrogen and oxygen atoms in total. The first-order valence-corrected chi connectivity index (χ1v) is 16.9. The fourth-order valence-electron chi connectivity index (χ4n) is 6.80. The summed E-state index contributed by atoms with van der Waals surface area (Å²) in [5.41, 5.74) is 0. The number of rotatable bonds is 12. The molecule has 0 bridgehead atoms. The van der Waals surface area contributed by atoms with Crippen molar-refractivity contribution in [1.82, 2.24) is 16.0 Å². The van der Waals surface area contributed by atoms with Crippen LogP contribution in [0, 0.1) is 23.7 Å². The van der Waals surface area contributed by atoms with Crippen LogP contribution in [0.2, 0.25) is 0 Å². The lowest BCUT2D eigenvalue weighted by molar-refractivity contribution is -0.158. The third kappa shape index (κ3) is 11.6. The van der Waals surface area contributed by atoms with Crippen LogP contribution in [-0.2, 0) is 23.8 Å². The van der Waals surface area contributed by atoms with Crippen molar-refractivity contribution in [3.63, 3.8) is 0 Å². The van der Waals surface area contributed by atoms with Gasteiger partial charge in [-0.05, 0) is 62.7 Å². The van der Waals surface area contributed by atoms with Crippen molar-refractivity contribution in [3.05, 3.63) is 0 Å². The molecule has 3 saturated carbocycles. The minimum Gasteiger partial charge on any atom is -0.464 e. The number of carbonyl (C=O) groups is 4. The van der Waals surface area contributed by atoms with Crippen molar-refractivity contribution >= 4 is 30.0 Å². The van der Waals surface area contributed by atoms with E-state index in [1.54, 1.807) is 0 Å². The van der Waals surface area contributed by atoms with Gasteiger partial charge in [-0.3, -0.25) is 20.4 Å². The lowest BCUT2D eigenvalue weighted by Gasteiger charge is -2.34. The van der Waals surface area contributed by atoms with E-state index >= 15 is 0 Å². The molecule has 11 heteroatoms. The van der Waals surface area contributed by atoms with E-state index < -0.39 is 24.1 Å². The molecule has 4 aliphatic rings. The molecule has 0 aromatic heterocycles. The van der Waals surface area contributed by atoms with E-state index in [0.29, 0.717) is 50.4 Å². The van der Waals surface area contributed by atoms with Crippen molar-refractivity contribution in [2.24, 2.45) is 28.7 Å². The molecule has 0 aromatic rings. The highest BCUT2D eigenvalue weighted by Crippen LogP contribution is 2.27. The Morgan fingerprint density at radius 3 is 1.72 bits per heavy atom. The number of amides is 3. The standard InChI is InChI=1S/C32H52N4O7/c37-28-26(27(34-28)29(38)41-20-18-23-11-4-1-5-12-23)17-10-19-33-30(35-31(39)42-21-24-13-6-2-7-14-24)36-32(40)43-22-25-15-8-3-9-16-25/h23-27H,1-22H2,(H,34,37)(H2,33,35,36,39,40)/t26-,27?/m1/s1. The van der Waals surface area contributed by atoms with Gasteiger partial charge in [-0.2, -0.15) is 0 Å². The van der Waals surface area contributed by atoms with E-state index in [2.05, 4.69) is 20.9 Å². The number of hydrogen-bond acceptors (Lipinski definition) is 8. The van der Waals surface area contributed by atoms with Crippen LogP contribution in [0.3, 0.4) is 0 Å². The van der Waals surface area contributed by atoms with Crippen molar-refractivity contribution in [2.45, 2.75) is 122 Å². The Morgan fingerprint density at radius 1 is 0.698 bits per heavy atom. The predicted octanol–water partition coefficient (Wildman–Crippen LogP) is 5.36. The first-order valence-electron chi connectivity index (χ1n) is 16.9. The van der Waals surface area contributed by atoms with Gasteiger partial charge in [-0.25, -0.2) is 14.4 Å². The minimum atomic E-state index is -0.675. The molecule has 1 unspecified atom stereocenters. The molecule has 3 N–H and O–H groups in total. The Balaban J connectivity index is 1.21. The minimum absolute atomic E-state index is 0.0426. The second-order valence-electron chi connectivity index (χ2n) is 12.9. The zero-order valence-electron chi connectivity index (χ0n) is 25.7. The first kappa shape index (κ1) is 33.1. The second kappa shape index (κ2) is 18.1. The number of nitrogens with zero attached hydrogens (tertiary/aromatic N) is 1. The molecular formula is C32H52N4O7. The van der Waals surface area contributed by atoms with Crippen LogP contribution >= 0.6 is 0 Å². The Kier molecular flexibility index (Phi) is 13.9. The van der Waals surface area contributed by atoms with Gasteiger partial charge in [0.1, 0.15) is 6.04 Å². The molecule has 242 valence electrons. The van der Waals surface area contributed by atoms with Crippen LogP contribution in [0.5, 0.6) is 0 Å². The summed E-state index contributed by atoms with van der Waals surface area (Å²) in [4.78, 5) is 54.2. The van der Waals surface area contributed by atoms with E-state index in [0.717, 1.165) is 57.8 Å². The molecule has 4 fully saturated rings. The number of aliphatic imine (C=N–C) groups is 1. The predicted molar refractivity (Wildman–Crippen MR) is 161 cm³/mol. The largest absolute Gasteiger partial charge is 0.464 e. The normalized spacial score (nSPS) is 23.3. The number of β-lactam (4-membered cyclic amide) rings is 1. The third-order valence-electron chi connectivity index (χ3n) is 9.52. The van der Waals surface area contributed by atoms with Crippen LogP contribution in [0.1, 0.15) is 116 Å². The van der Waals surface area contributed by atoms with Crippen LogP contribution in [0.15, 0.2) is 4.99 Å². The van der Waals surface area contributed by atoms with Crippen molar-refractivity contribution < 1.29 is 33.4 Å². The van der Waals surface area contributed by atoms with Crippen LogP contribution in [0.4, 0.5) is 9.59 Å². The van der Waals surface area contributed by atoms with E-state index in [1.807, 2.05) is 0 Å². The maximum absolute atomic E-state index is 12.6. The van der Waals surface area contributed by atoms with Gasteiger partial charge in [-0.15, -0.1) is 0 Å². The average Bonchev–Trinajstić information content (AvgIpc) is 3.02. The lowest BCUT2D eigenvalue weighted by Crippen LogP contribution is -2.62. The summed E-state index contributed by atoms with van der Waals surface area (Å²) in [6, 6.07) is -0.636. The summed E-state index contributed by atoms with van der Waals surface area (Å²) in [6.07, 6.45) is 17.8. The van der Waals surface area contributed by atoms with Gasteiger partial charge in [0, 0.05) is 6.54 Å². The summed E-state index contributed by atoms with van der Waals surface area (Å²) in [7, 11) is 0. The van der Waals surface area contributed by atoms with Gasteiger partial charge >= 0.3 is 18.2 Å². The molecule has 1 saturated heterocycles. The maximum Gasteiger partial charge on any atom is 0.413 e. The molecule has 1 aliphatic heterocycles. The molecule has 4 rings (SSSR count). The summed E-state index contributed by atoms with van der Waals surface area (Å²) >= 11 is 0. The molecule has 0 radical (unpaired) electrons. The van der Waals surface area contributed by atoms with Crippen molar-refractivity contribution in [2.75, 3.05) is 26.4 Å². The summed E-state index contributed by atoms with van der Waals surface area (Å²) in [5, 5.41) is 7.77. The zero-order chi connectivity index (χ0) is 30.3. The zero-order valence-corrected chi connectivity index (χ0v) is 25.7. The monoisotopic (exact) mass is 604 g/mol. The Hall–Kier alpha value is -2.85. The molecular weight excluding hydrogens is 552 g/mol. The number of nitrogens with one attached hydrogen (secondary N) is 3. The van der Waals surface area contributed by atoms with Crippen molar-refractivity contribution in [1.29, 1.82) is 0 Å². The van der Waals surface area contributed by atoms with Gasteiger partial charge in [0.05, 0.1) is 25.7 Å². The van der Waals surface area contributed by atoms with Gasteiger partial charge in [0.25, 0.3) is 0 Å². The first-order chi connectivity index (χ1) is 21.0. The SMILES string of the molecule is O=C(NC(=NCCC[C@H]1C(=O)NC1C(=O)OCCC1CCCCC1)NC(=O)OCC1CCCCC1)OCC1CCCCC1. The molecule has 3 aliphatic carbocycles. The van der Waals surface area contributed by atoms with Gasteiger partial charge < -0.3 is 19.5 Å². The van der Waals surface area contributed by atoms with Crippen molar-refractivity contribution in [3.8, 4) is 0 Å². The number of esters is 1. The van der Waals surface area contributed by atoms with Crippen LogP contribution < -0.4 is 16.0 Å². The molecule has 2 atom stereocenters. The third-order valence-corrected chi connectivity index (χ3v) is 9.52. The van der Waals surface area contributed by atoms with E-state index in [1.165, 1.54) is 44.9 Å². The summed E-state index contributed by atoms with van der Waals surface area (Å²) in [6.45, 7) is 1.29.